The monoisotopic (exact) mass is 216 g/mol. The highest BCUT2D eigenvalue weighted by Gasteiger charge is 2.54. The van der Waals surface area contributed by atoms with E-state index in [-0.39, 0.29) is 5.91 Å². The number of piperidine rings is 1. The van der Waals surface area contributed by atoms with Crippen LogP contribution in [0.4, 0.5) is 0 Å². The summed E-state index contributed by atoms with van der Waals surface area (Å²) < 4.78 is 0. The fourth-order valence-electron chi connectivity index (χ4n) is 2.62. The van der Waals surface area contributed by atoms with Gasteiger partial charge in [-0.2, -0.15) is 0 Å². The van der Waals surface area contributed by atoms with Gasteiger partial charge in [-0.1, -0.05) is 17.7 Å². The van der Waals surface area contributed by atoms with Gasteiger partial charge in [0.15, 0.2) is 0 Å². The van der Waals surface area contributed by atoms with Crippen molar-refractivity contribution in [1.82, 2.24) is 4.90 Å². The zero-order chi connectivity index (χ0) is 11.3. The van der Waals surface area contributed by atoms with Crippen LogP contribution < -0.4 is 5.73 Å². The maximum atomic E-state index is 12.1. The van der Waals surface area contributed by atoms with Crippen molar-refractivity contribution in [2.24, 2.45) is 17.6 Å². The van der Waals surface area contributed by atoms with Gasteiger partial charge in [-0.25, -0.2) is 0 Å². The molecule has 3 heteroatoms. The molecule has 1 aromatic rings. The van der Waals surface area contributed by atoms with Gasteiger partial charge >= 0.3 is 0 Å². The summed E-state index contributed by atoms with van der Waals surface area (Å²) in [6.45, 7) is 3.72. The highest BCUT2D eigenvalue weighted by Crippen LogP contribution is 2.44. The lowest BCUT2D eigenvalue weighted by molar-refractivity contribution is 0.0773. The minimum atomic E-state index is 0.152. The maximum Gasteiger partial charge on any atom is 0.253 e. The standard InChI is InChI=1S/C13H16N2O/c1-8-2-4-9(5-3-8)13(16)15-6-10-11(7-15)12(10)14/h2-5,10-12H,6-7,14H2,1H3. The molecule has 2 N–H and O–H groups in total. The summed E-state index contributed by atoms with van der Waals surface area (Å²) in [7, 11) is 0. The Morgan fingerprint density at radius 1 is 1.25 bits per heavy atom. The van der Waals surface area contributed by atoms with Crippen molar-refractivity contribution < 1.29 is 4.79 Å². The molecule has 1 amide bonds. The average molecular weight is 216 g/mol. The minimum absolute atomic E-state index is 0.152. The van der Waals surface area contributed by atoms with E-state index in [0.29, 0.717) is 17.9 Å². The Labute approximate surface area is 95.2 Å². The summed E-state index contributed by atoms with van der Waals surface area (Å²) in [5, 5.41) is 0. The van der Waals surface area contributed by atoms with Gasteiger partial charge in [-0.3, -0.25) is 4.79 Å². The molecule has 0 bridgehead atoms. The smallest absolute Gasteiger partial charge is 0.253 e. The van der Waals surface area contributed by atoms with E-state index >= 15 is 0 Å². The number of hydrogen-bond donors (Lipinski definition) is 1. The summed E-state index contributed by atoms with van der Waals surface area (Å²) in [6, 6.07) is 8.12. The van der Waals surface area contributed by atoms with Crippen LogP contribution in [0.2, 0.25) is 0 Å². The Hall–Kier alpha value is -1.35. The number of carbonyl (C=O) groups is 1. The Balaban J connectivity index is 1.72. The van der Waals surface area contributed by atoms with E-state index in [9.17, 15) is 4.79 Å². The van der Waals surface area contributed by atoms with Crippen LogP contribution in [-0.4, -0.2) is 29.9 Å². The lowest BCUT2D eigenvalue weighted by Crippen LogP contribution is -2.33. The van der Waals surface area contributed by atoms with Crippen LogP contribution in [0.15, 0.2) is 24.3 Å². The molecule has 3 rings (SSSR count). The van der Waals surface area contributed by atoms with Crippen LogP contribution in [0.5, 0.6) is 0 Å². The third-order valence-corrected chi connectivity index (χ3v) is 3.85. The molecule has 1 aliphatic carbocycles. The molecule has 0 aromatic heterocycles. The predicted octanol–water partition coefficient (Wildman–Crippen LogP) is 1.02. The van der Waals surface area contributed by atoms with Gasteiger partial charge in [-0.05, 0) is 30.9 Å². The summed E-state index contributed by atoms with van der Waals surface area (Å²) in [4.78, 5) is 14.1. The van der Waals surface area contributed by atoms with Crippen LogP contribution in [0.1, 0.15) is 15.9 Å². The Kier molecular flexibility index (Phi) is 2.04. The highest BCUT2D eigenvalue weighted by molar-refractivity contribution is 5.94. The lowest BCUT2D eigenvalue weighted by Gasteiger charge is -2.19. The van der Waals surface area contributed by atoms with E-state index in [4.69, 9.17) is 5.73 Å². The third-order valence-electron chi connectivity index (χ3n) is 3.85. The van der Waals surface area contributed by atoms with Crippen molar-refractivity contribution >= 4 is 5.91 Å². The first-order valence-corrected chi connectivity index (χ1v) is 5.78. The Morgan fingerprint density at radius 3 is 2.38 bits per heavy atom. The normalized spacial score (nSPS) is 31.4. The predicted molar refractivity (Wildman–Crippen MR) is 62.0 cm³/mol. The fraction of sp³-hybridized carbons (Fsp3) is 0.462. The second-order valence-electron chi connectivity index (χ2n) is 4.98. The number of amides is 1. The number of benzene rings is 1. The fourth-order valence-corrected chi connectivity index (χ4v) is 2.62. The molecule has 2 unspecified atom stereocenters. The Morgan fingerprint density at radius 2 is 1.81 bits per heavy atom. The first-order valence-electron chi connectivity index (χ1n) is 5.78. The third kappa shape index (κ3) is 1.43. The molecule has 0 radical (unpaired) electrons. The Bertz CT molecular complexity index is 414. The molecular weight excluding hydrogens is 200 g/mol. The first-order chi connectivity index (χ1) is 7.66. The van der Waals surface area contributed by atoms with Crippen LogP contribution in [0.25, 0.3) is 0 Å². The zero-order valence-corrected chi connectivity index (χ0v) is 9.39. The molecule has 1 aliphatic heterocycles. The SMILES string of the molecule is Cc1ccc(C(=O)N2CC3C(N)C3C2)cc1. The van der Waals surface area contributed by atoms with Gasteiger partial charge in [-0.15, -0.1) is 0 Å². The molecule has 2 atom stereocenters. The molecule has 3 nitrogen and oxygen atoms in total. The van der Waals surface area contributed by atoms with E-state index in [2.05, 4.69) is 0 Å². The van der Waals surface area contributed by atoms with Crippen molar-refractivity contribution in [3.8, 4) is 0 Å². The van der Waals surface area contributed by atoms with Gasteiger partial charge in [0.2, 0.25) is 0 Å². The summed E-state index contributed by atoms with van der Waals surface area (Å²) in [5.74, 6) is 1.28. The topological polar surface area (TPSA) is 46.3 Å². The number of likely N-dealkylation sites (tertiary alicyclic amines) is 1. The largest absolute Gasteiger partial charge is 0.338 e. The molecule has 1 aromatic carbocycles. The summed E-state index contributed by atoms with van der Waals surface area (Å²) >= 11 is 0. The van der Waals surface area contributed by atoms with Crippen LogP contribution in [0, 0.1) is 18.8 Å². The number of carbonyl (C=O) groups excluding carboxylic acids is 1. The van der Waals surface area contributed by atoms with Crippen LogP contribution >= 0.6 is 0 Å². The highest BCUT2D eigenvalue weighted by atomic mass is 16.2. The van der Waals surface area contributed by atoms with Gasteiger partial charge in [0, 0.05) is 24.7 Å². The van der Waals surface area contributed by atoms with Crippen molar-refractivity contribution in [2.45, 2.75) is 13.0 Å². The molecule has 84 valence electrons. The van der Waals surface area contributed by atoms with Crippen LogP contribution in [-0.2, 0) is 0 Å². The second kappa shape index (κ2) is 3.32. The molecule has 16 heavy (non-hydrogen) atoms. The quantitative estimate of drug-likeness (QED) is 0.762. The number of fused-ring (bicyclic) bond motifs is 1. The van der Waals surface area contributed by atoms with E-state index in [1.54, 1.807) is 0 Å². The van der Waals surface area contributed by atoms with Gasteiger partial charge < -0.3 is 10.6 Å². The molecule has 2 aliphatic rings. The molecule has 1 saturated heterocycles. The number of nitrogens with two attached hydrogens (primary N) is 1. The number of rotatable bonds is 1. The molecular formula is C13H16N2O. The van der Waals surface area contributed by atoms with E-state index < -0.39 is 0 Å². The van der Waals surface area contributed by atoms with E-state index in [0.717, 1.165) is 18.7 Å². The van der Waals surface area contributed by atoms with Crippen molar-refractivity contribution in [1.29, 1.82) is 0 Å². The zero-order valence-electron chi connectivity index (χ0n) is 9.39. The van der Waals surface area contributed by atoms with Gasteiger partial charge in [0.25, 0.3) is 5.91 Å². The first kappa shape index (κ1) is 9.85. The van der Waals surface area contributed by atoms with Crippen molar-refractivity contribution in [3.05, 3.63) is 35.4 Å². The lowest BCUT2D eigenvalue weighted by atomic mass is 10.1. The number of nitrogens with zero attached hydrogens (tertiary/aromatic N) is 1. The molecule has 2 fully saturated rings. The molecule has 1 saturated carbocycles. The molecule has 0 spiro atoms. The average Bonchev–Trinajstić information content (AvgIpc) is 2.75. The molecule has 1 heterocycles. The maximum absolute atomic E-state index is 12.1. The van der Waals surface area contributed by atoms with Crippen LogP contribution in [0.3, 0.4) is 0 Å². The van der Waals surface area contributed by atoms with E-state index in [1.807, 2.05) is 36.1 Å². The number of hydrogen-bond acceptors (Lipinski definition) is 2. The summed E-state index contributed by atoms with van der Waals surface area (Å²) in [5.41, 5.74) is 7.83. The minimum Gasteiger partial charge on any atom is -0.338 e. The second-order valence-corrected chi connectivity index (χ2v) is 4.98. The van der Waals surface area contributed by atoms with Gasteiger partial charge in [0.1, 0.15) is 0 Å². The van der Waals surface area contributed by atoms with Gasteiger partial charge in [0.05, 0.1) is 0 Å². The summed E-state index contributed by atoms with van der Waals surface area (Å²) in [6.07, 6.45) is 0. The van der Waals surface area contributed by atoms with Crippen molar-refractivity contribution in [2.75, 3.05) is 13.1 Å². The van der Waals surface area contributed by atoms with E-state index in [1.165, 1.54) is 5.56 Å². The number of aryl methyl sites for hydroxylation is 1. The van der Waals surface area contributed by atoms with Crippen molar-refractivity contribution in [3.63, 3.8) is 0 Å².